The summed E-state index contributed by atoms with van der Waals surface area (Å²) in [4.78, 5) is 91.1. The van der Waals surface area contributed by atoms with Crippen molar-refractivity contribution < 1.29 is 52.5 Å². The number of hydrogen-bond donors (Lipinski definition) is 6. The van der Waals surface area contributed by atoms with Crippen molar-refractivity contribution in [1.82, 2.24) is 20.3 Å². The molecule has 11 aromatic rings. The van der Waals surface area contributed by atoms with Crippen LogP contribution in [0.25, 0.3) is 32.6 Å². The minimum absolute atomic E-state index is 0.0484. The lowest BCUT2D eigenvalue weighted by atomic mass is 10.0. The molecule has 0 saturated heterocycles. The molecule has 0 spiro atoms. The number of carbonyl (C=O) groups is 6. The van der Waals surface area contributed by atoms with Gasteiger partial charge >= 0.3 is 11.9 Å². The normalized spacial score (nSPS) is 14.0. The molecule has 4 aliphatic rings. The molecule has 0 aliphatic carbocycles. The van der Waals surface area contributed by atoms with E-state index < -0.39 is 23.8 Å². The van der Waals surface area contributed by atoms with Crippen molar-refractivity contribution in [1.29, 1.82) is 0 Å². The predicted octanol–water partition coefficient (Wildman–Crippen LogP) is 12.6. The molecular formula is C75H62N10O11. The van der Waals surface area contributed by atoms with E-state index in [0.29, 0.717) is 80.6 Å². The number of para-hydroxylation sites is 2. The number of hydrogen-bond acceptors (Lipinski definition) is 18. The molecule has 0 bridgehead atoms. The van der Waals surface area contributed by atoms with Crippen LogP contribution in [0.2, 0.25) is 0 Å². The van der Waals surface area contributed by atoms with E-state index in [2.05, 4.69) is 78.9 Å². The van der Waals surface area contributed by atoms with Crippen molar-refractivity contribution in [2.45, 2.75) is 44.8 Å². The van der Waals surface area contributed by atoms with Gasteiger partial charge in [0.05, 0.1) is 58.4 Å². The number of ether oxygens (including phenoxy) is 5. The lowest BCUT2D eigenvalue weighted by Gasteiger charge is -2.24. The highest BCUT2D eigenvalue weighted by Gasteiger charge is 2.28. The molecule has 96 heavy (non-hydrogen) atoms. The molecule has 0 fully saturated rings. The maximum absolute atomic E-state index is 12.0. The van der Waals surface area contributed by atoms with Crippen LogP contribution in [-0.2, 0) is 54.5 Å². The zero-order valence-electron chi connectivity index (χ0n) is 51.6. The van der Waals surface area contributed by atoms with E-state index in [1.165, 1.54) is 22.7 Å². The Morgan fingerprint density at radius 1 is 0.646 bits per heavy atom. The van der Waals surface area contributed by atoms with Crippen LogP contribution in [0.15, 0.2) is 229 Å². The Morgan fingerprint density at radius 3 is 1.94 bits per heavy atom. The quantitative estimate of drug-likeness (QED) is 0.0119. The van der Waals surface area contributed by atoms with Crippen molar-refractivity contribution in [3.8, 4) is 23.0 Å². The number of nitrogens with two attached hydrogens (primary N) is 2. The average molecular weight is 1280 g/mol. The van der Waals surface area contributed by atoms with E-state index in [-0.39, 0.29) is 43.7 Å². The van der Waals surface area contributed by atoms with Crippen LogP contribution in [0, 0.1) is 0 Å². The Labute approximate surface area is 549 Å². The van der Waals surface area contributed by atoms with Gasteiger partial charge in [-0.3, -0.25) is 29.2 Å². The van der Waals surface area contributed by atoms with Crippen molar-refractivity contribution in [3.05, 3.63) is 252 Å². The molecule has 0 saturated carbocycles. The third-order valence-electron chi connectivity index (χ3n) is 15.6. The van der Waals surface area contributed by atoms with Gasteiger partial charge in [-0.1, -0.05) is 67.2 Å². The number of fused-ring (bicyclic) bond motifs is 7. The molecular weight excluding hydrogens is 1220 g/mol. The molecule has 1 atom stereocenters. The van der Waals surface area contributed by atoms with Gasteiger partial charge in [-0.15, -0.1) is 0 Å². The van der Waals surface area contributed by atoms with Gasteiger partial charge in [0, 0.05) is 53.9 Å². The van der Waals surface area contributed by atoms with Crippen LogP contribution >= 0.6 is 0 Å². The second-order valence-corrected chi connectivity index (χ2v) is 22.5. The number of aliphatic imine (C=N–C) groups is 2. The highest BCUT2D eigenvalue weighted by Crippen LogP contribution is 2.35. The minimum atomic E-state index is -0.694. The zero-order valence-corrected chi connectivity index (χ0v) is 51.6. The first-order valence-electron chi connectivity index (χ1n) is 30.6. The number of H-pyrrole nitrogens is 1. The van der Waals surface area contributed by atoms with Gasteiger partial charge in [0.15, 0.2) is 17.3 Å². The molecule has 2 aromatic heterocycles. The fourth-order valence-electron chi connectivity index (χ4n) is 10.6. The third-order valence-corrected chi connectivity index (χ3v) is 15.6. The molecule has 21 heteroatoms. The number of Topliss-reactive ketones (excluding diaryl/α,β-unsaturated/α-hetero) is 2. The van der Waals surface area contributed by atoms with Gasteiger partial charge in [-0.25, -0.2) is 19.6 Å². The van der Waals surface area contributed by atoms with Crippen molar-refractivity contribution in [2.75, 3.05) is 35.3 Å². The number of anilines is 4. The third kappa shape index (κ3) is 15.9. The molecule has 8 N–H and O–H groups in total. The summed E-state index contributed by atoms with van der Waals surface area (Å²) in [6.45, 7) is 4.34. The molecule has 1 unspecified atom stereocenters. The predicted molar refractivity (Wildman–Crippen MR) is 367 cm³/mol. The number of imidazole rings is 1. The number of pyridine rings is 1. The summed E-state index contributed by atoms with van der Waals surface area (Å²) in [5, 5.41) is 12.8. The van der Waals surface area contributed by atoms with Gasteiger partial charge in [0.2, 0.25) is 11.9 Å². The van der Waals surface area contributed by atoms with Crippen molar-refractivity contribution in [2.24, 2.45) is 9.98 Å². The fourth-order valence-corrected chi connectivity index (χ4v) is 10.6. The molecule has 9 aromatic carbocycles. The molecule has 15 rings (SSSR count). The lowest BCUT2D eigenvalue weighted by Crippen LogP contribution is -2.43. The number of benzene rings is 9. The van der Waals surface area contributed by atoms with E-state index in [1.54, 1.807) is 116 Å². The number of nitrogens with zero attached hydrogens (tertiary/aromatic N) is 4. The average Bonchev–Trinajstić information content (AvgIpc) is 1.70. The number of esters is 2. The Bertz CT molecular complexity index is 4730. The van der Waals surface area contributed by atoms with E-state index in [4.69, 9.17) is 40.1 Å². The number of ketones is 2. The van der Waals surface area contributed by atoms with E-state index in [1.807, 2.05) is 54.6 Å². The van der Waals surface area contributed by atoms with Crippen LogP contribution in [0.4, 0.5) is 34.1 Å². The van der Waals surface area contributed by atoms with Gasteiger partial charge < -0.3 is 56.1 Å². The smallest absolute Gasteiger partial charge is 0.338 e. The summed E-state index contributed by atoms with van der Waals surface area (Å²) in [5.74, 6) is 0.841. The van der Waals surface area contributed by atoms with Crippen LogP contribution in [0.1, 0.15) is 56.1 Å². The Morgan fingerprint density at radius 2 is 1.26 bits per heavy atom. The zero-order chi connectivity index (χ0) is 66.5. The first-order chi connectivity index (χ1) is 46.7. The standard InChI is InChI=1S/C22H20N2O2.C19H15N3O2.C19H14N2O4.C15H13N3O3/c23-19-9-7-15(8-10-19)22(25)26-11-3-6-20-13-18-12-16-4-1-2-5-17(16)14-21(18)24-20;20-15-7-5-12(6-8-15)19(23)24-11-18-21-16-9-13-3-1-2-4-14(13)10-17(16)22-18;1-10-17(22)8-11-6-13(2-4-15(11)20-10)25-14-3-5-16-12(7-14)9-18(23)19(24)21-16;19-15(18-10-17-11-4-3-7-16-8-11)14-9-20-12-5-1-2-6-13(12)21-14/h1-2,4-5,7-10,12,14H,3,6,11,13,23H2;1-10H,11,20H2,(H,21,22);2-7,20H,1,8-9H2,(H,21,24);1-8,10,14H,9H2,(H,17,18,19). The monoisotopic (exact) mass is 1280 g/mol. The minimum Gasteiger partial charge on any atom is -0.485 e. The number of aromatic amines is 1. The highest BCUT2D eigenvalue weighted by molar-refractivity contribution is 6.42. The highest BCUT2D eigenvalue weighted by atomic mass is 16.6. The van der Waals surface area contributed by atoms with Crippen LogP contribution < -0.4 is 41.6 Å². The van der Waals surface area contributed by atoms with Crippen LogP contribution in [0.3, 0.4) is 0 Å². The number of rotatable bonds is 13. The number of nitrogens with one attached hydrogen (secondary N) is 4. The Balaban J connectivity index is 0.000000123. The number of allylic oxidation sites excluding steroid dienone is 1. The molecule has 6 heterocycles. The Hall–Kier alpha value is -12.8. The largest absolute Gasteiger partial charge is 0.485 e. The summed E-state index contributed by atoms with van der Waals surface area (Å²) in [6.07, 6.45) is 6.70. The van der Waals surface area contributed by atoms with Crippen LogP contribution in [0.5, 0.6) is 23.0 Å². The first-order valence-corrected chi connectivity index (χ1v) is 30.6. The Kier molecular flexibility index (Phi) is 19.3. The second-order valence-electron chi connectivity index (χ2n) is 22.5. The molecule has 478 valence electrons. The summed E-state index contributed by atoms with van der Waals surface area (Å²) in [5.41, 5.74) is 22.8. The van der Waals surface area contributed by atoms with Gasteiger partial charge in [-0.05, 0) is 185 Å². The van der Waals surface area contributed by atoms with E-state index in [9.17, 15) is 28.8 Å². The summed E-state index contributed by atoms with van der Waals surface area (Å²) in [6, 6.07) is 59.7. The molecule has 21 nitrogen and oxygen atoms in total. The maximum Gasteiger partial charge on any atom is 0.338 e. The van der Waals surface area contributed by atoms with Crippen molar-refractivity contribution in [3.63, 3.8) is 0 Å². The second kappa shape index (κ2) is 29.2. The number of nitrogen functional groups attached to an aromatic ring is 2. The molecule has 0 radical (unpaired) electrons. The summed E-state index contributed by atoms with van der Waals surface area (Å²) in [7, 11) is 0. The fraction of sp³-hybridized carbons (Fsp3) is 0.120. The lowest BCUT2D eigenvalue weighted by molar-refractivity contribution is -0.134. The maximum atomic E-state index is 12.0. The van der Waals surface area contributed by atoms with E-state index >= 15 is 0 Å². The topological polar surface area (TPSA) is 303 Å². The summed E-state index contributed by atoms with van der Waals surface area (Å²) < 4.78 is 27.6. The SMILES string of the molecule is C=C1Nc2ccc(Oc3ccc4c(c3)CC(=O)C(=O)N4)cc2CC1=O.Nc1ccc(C(=O)OCCCC2=Nc3cc4ccccc4cc3C2)cc1.Nc1ccc(C(=O)OCc2nc3cc4ccccc4cc3[nH]2)cc1.O=C(NC=Nc1cccnc1)C1COc2ccccc2O1. The van der Waals surface area contributed by atoms with Gasteiger partial charge in [0.1, 0.15) is 30.5 Å². The van der Waals surface area contributed by atoms with Gasteiger partial charge in [-0.2, -0.15) is 0 Å². The summed E-state index contributed by atoms with van der Waals surface area (Å²) >= 11 is 0. The number of amides is 2. The molecule has 4 aliphatic heterocycles. The van der Waals surface area contributed by atoms with Crippen molar-refractivity contribution >= 4 is 114 Å². The van der Waals surface area contributed by atoms with Gasteiger partial charge in [0.25, 0.3) is 11.8 Å². The van der Waals surface area contributed by atoms with E-state index in [0.717, 1.165) is 63.7 Å². The molecule has 2 amide bonds. The number of carbonyl (C=O) groups excluding carboxylic acids is 6. The number of aromatic nitrogens is 3. The van der Waals surface area contributed by atoms with Crippen LogP contribution in [-0.4, -0.2) is 81.6 Å². The first kappa shape index (κ1) is 63.4.